The van der Waals surface area contributed by atoms with Crippen molar-refractivity contribution in [1.29, 1.82) is 0 Å². The maximum Gasteiger partial charge on any atom is 0.339 e. The molecule has 4 heteroatoms. The Kier molecular flexibility index (Phi) is 4.86. The second-order valence-corrected chi connectivity index (χ2v) is 5.89. The molecule has 104 valence electrons. The van der Waals surface area contributed by atoms with E-state index in [1.54, 1.807) is 12.1 Å². The molecule has 1 aliphatic carbocycles. The van der Waals surface area contributed by atoms with E-state index in [1.165, 1.54) is 12.8 Å². The van der Waals surface area contributed by atoms with Gasteiger partial charge in [0, 0.05) is 0 Å². The molecule has 1 saturated carbocycles. The van der Waals surface area contributed by atoms with Crippen LogP contribution in [0.15, 0.2) is 22.7 Å². The fourth-order valence-corrected chi connectivity index (χ4v) is 3.20. The SMILES string of the molecule is CCC1CCCCC1Oc1c(Br)cccc1C(=O)O. The fourth-order valence-electron chi connectivity index (χ4n) is 2.74. The van der Waals surface area contributed by atoms with E-state index in [9.17, 15) is 9.90 Å². The lowest BCUT2D eigenvalue weighted by Gasteiger charge is -2.31. The Balaban J connectivity index is 2.24. The van der Waals surface area contributed by atoms with Gasteiger partial charge < -0.3 is 9.84 Å². The molecule has 1 N–H and O–H groups in total. The molecule has 1 aliphatic rings. The van der Waals surface area contributed by atoms with Gasteiger partial charge in [0.05, 0.1) is 4.47 Å². The Labute approximate surface area is 122 Å². The number of hydrogen-bond acceptors (Lipinski definition) is 2. The van der Waals surface area contributed by atoms with Crippen molar-refractivity contribution in [3.63, 3.8) is 0 Å². The molecule has 0 aromatic heterocycles. The third-order valence-electron chi connectivity index (χ3n) is 3.83. The average molecular weight is 327 g/mol. The van der Waals surface area contributed by atoms with Gasteiger partial charge in [0.25, 0.3) is 0 Å². The highest BCUT2D eigenvalue weighted by molar-refractivity contribution is 9.10. The molecule has 0 bridgehead atoms. The first-order chi connectivity index (χ1) is 9.13. The molecule has 0 radical (unpaired) electrons. The zero-order valence-electron chi connectivity index (χ0n) is 11.1. The molecule has 0 aliphatic heterocycles. The summed E-state index contributed by atoms with van der Waals surface area (Å²) in [6.07, 6.45) is 5.81. The number of benzene rings is 1. The van der Waals surface area contributed by atoms with Crippen LogP contribution in [0.25, 0.3) is 0 Å². The Morgan fingerprint density at radius 1 is 1.42 bits per heavy atom. The highest BCUT2D eigenvalue weighted by Crippen LogP contribution is 2.35. The summed E-state index contributed by atoms with van der Waals surface area (Å²) in [5.41, 5.74) is 0.231. The number of carboxylic acids is 1. The van der Waals surface area contributed by atoms with E-state index < -0.39 is 5.97 Å². The van der Waals surface area contributed by atoms with Gasteiger partial charge in [-0.1, -0.05) is 19.4 Å². The number of carboxylic acid groups (broad SMARTS) is 1. The van der Waals surface area contributed by atoms with E-state index in [1.807, 2.05) is 6.07 Å². The van der Waals surface area contributed by atoms with Crippen LogP contribution in [0.2, 0.25) is 0 Å². The lowest BCUT2D eigenvalue weighted by atomic mass is 9.84. The molecule has 3 nitrogen and oxygen atoms in total. The van der Waals surface area contributed by atoms with Crippen molar-refractivity contribution in [3.05, 3.63) is 28.2 Å². The minimum atomic E-state index is -0.944. The minimum Gasteiger partial charge on any atom is -0.488 e. The number of rotatable bonds is 4. The normalized spacial score (nSPS) is 23.1. The van der Waals surface area contributed by atoms with Crippen molar-refractivity contribution in [3.8, 4) is 5.75 Å². The Morgan fingerprint density at radius 2 is 2.16 bits per heavy atom. The van der Waals surface area contributed by atoms with E-state index >= 15 is 0 Å². The summed E-state index contributed by atoms with van der Waals surface area (Å²) in [5.74, 6) is 0.0583. The molecule has 1 aromatic rings. The number of hydrogen-bond donors (Lipinski definition) is 1. The van der Waals surface area contributed by atoms with Gasteiger partial charge in [-0.2, -0.15) is 0 Å². The largest absolute Gasteiger partial charge is 0.488 e. The van der Waals surface area contributed by atoms with Gasteiger partial charge in [0.2, 0.25) is 0 Å². The van der Waals surface area contributed by atoms with Crippen LogP contribution in [0, 0.1) is 5.92 Å². The van der Waals surface area contributed by atoms with Gasteiger partial charge in [-0.3, -0.25) is 0 Å². The summed E-state index contributed by atoms with van der Waals surface area (Å²) in [4.78, 5) is 11.3. The zero-order valence-corrected chi connectivity index (χ0v) is 12.6. The van der Waals surface area contributed by atoms with E-state index in [0.717, 1.165) is 19.3 Å². The van der Waals surface area contributed by atoms with Crippen LogP contribution in [0.1, 0.15) is 49.4 Å². The quantitative estimate of drug-likeness (QED) is 0.886. The summed E-state index contributed by atoms with van der Waals surface area (Å²) < 4.78 is 6.77. The van der Waals surface area contributed by atoms with Gasteiger partial charge >= 0.3 is 5.97 Å². The molecule has 2 unspecified atom stereocenters. The molecule has 2 atom stereocenters. The summed E-state index contributed by atoms with van der Waals surface area (Å²) in [7, 11) is 0. The smallest absolute Gasteiger partial charge is 0.339 e. The predicted molar refractivity (Wildman–Crippen MR) is 77.8 cm³/mol. The number of carbonyl (C=O) groups is 1. The molecule has 1 aromatic carbocycles. The first-order valence-corrected chi connectivity index (χ1v) is 7.61. The average Bonchev–Trinajstić information content (AvgIpc) is 2.41. The highest BCUT2D eigenvalue weighted by Gasteiger charge is 2.27. The lowest BCUT2D eigenvalue weighted by molar-refractivity contribution is 0.0663. The van der Waals surface area contributed by atoms with Crippen molar-refractivity contribution < 1.29 is 14.6 Å². The van der Waals surface area contributed by atoms with Gasteiger partial charge in [0.15, 0.2) is 0 Å². The fraction of sp³-hybridized carbons (Fsp3) is 0.533. The summed E-state index contributed by atoms with van der Waals surface area (Å²) >= 11 is 3.40. The summed E-state index contributed by atoms with van der Waals surface area (Å²) in [5, 5.41) is 9.24. The number of para-hydroxylation sites is 1. The van der Waals surface area contributed by atoms with Crippen LogP contribution in [-0.4, -0.2) is 17.2 Å². The summed E-state index contributed by atoms with van der Waals surface area (Å²) in [6.45, 7) is 2.17. The van der Waals surface area contributed by atoms with E-state index in [0.29, 0.717) is 16.1 Å². The third kappa shape index (κ3) is 3.30. The Hall–Kier alpha value is -1.03. The number of ether oxygens (including phenoxy) is 1. The monoisotopic (exact) mass is 326 g/mol. The first-order valence-electron chi connectivity index (χ1n) is 6.82. The predicted octanol–water partition coefficient (Wildman–Crippen LogP) is 4.49. The number of halogens is 1. The van der Waals surface area contributed by atoms with Gasteiger partial charge in [-0.05, 0) is 59.7 Å². The zero-order chi connectivity index (χ0) is 13.8. The molecular weight excluding hydrogens is 308 g/mol. The van der Waals surface area contributed by atoms with Gasteiger partial charge in [-0.25, -0.2) is 4.79 Å². The van der Waals surface area contributed by atoms with Crippen LogP contribution in [0.3, 0.4) is 0 Å². The second-order valence-electron chi connectivity index (χ2n) is 5.03. The van der Waals surface area contributed by atoms with Crippen LogP contribution < -0.4 is 4.74 Å². The topological polar surface area (TPSA) is 46.5 Å². The molecule has 0 amide bonds. The van der Waals surface area contributed by atoms with E-state index in [4.69, 9.17) is 4.74 Å². The number of aromatic carboxylic acids is 1. The lowest BCUT2D eigenvalue weighted by Crippen LogP contribution is -2.30. The maximum atomic E-state index is 11.3. The van der Waals surface area contributed by atoms with Crippen LogP contribution in [-0.2, 0) is 0 Å². The van der Waals surface area contributed by atoms with Crippen molar-refractivity contribution in [2.45, 2.75) is 45.1 Å². The standard InChI is InChI=1S/C15H19BrO3/c1-2-10-6-3-4-9-13(10)19-14-11(15(17)18)7-5-8-12(14)16/h5,7-8,10,13H,2-4,6,9H2,1H3,(H,17,18). The molecule has 1 fully saturated rings. The first kappa shape index (κ1) is 14.4. The molecule has 2 rings (SSSR count). The summed E-state index contributed by atoms with van der Waals surface area (Å²) in [6, 6.07) is 5.14. The van der Waals surface area contributed by atoms with Crippen molar-refractivity contribution in [1.82, 2.24) is 0 Å². The van der Waals surface area contributed by atoms with Crippen molar-refractivity contribution in [2.24, 2.45) is 5.92 Å². The Morgan fingerprint density at radius 3 is 2.84 bits per heavy atom. The van der Waals surface area contributed by atoms with Crippen LogP contribution >= 0.6 is 15.9 Å². The maximum absolute atomic E-state index is 11.3. The van der Waals surface area contributed by atoms with Crippen molar-refractivity contribution in [2.75, 3.05) is 0 Å². The van der Waals surface area contributed by atoms with Gasteiger partial charge in [-0.15, -0.1) is 0 Å². The van der Waals surface area contributed by atoms with Crippen molar-refractivity contribution >= 4 is 21.9 Å². The Bertz CT molecular complexity index is 459. The van der Waals surface area contributed by atoms with E-state index in [-0.39, 0.29) is 11.7 Å². The minimum absolute atomic E-state index is 0.135. The highest BCUT2D eigenvalue weighted by atomic mass is 79.9. The van der Waals surface area contributed by atoms with E-state index in [2.05, 4.69) is 22.9 Å². The third-order valence-corrected chi connectivity index (χ3v) is 4.45. The molecule has 19 heavy (non-hydrogen) atoms. The van der Waals surface area contributed by atoms with Crippen LogP contribution in [0.5, 0.6) is 5.75 Å². The molecule has 0 spiro atoms. The molecular formula is C15H19BrO3. The molecule has 0 heterocycles. The van der Waals surface area contributed by atoms with Crippen LogP contribution in [0.4, 0.5) is 0 Å². The second kappa shape index (κ2) is 6.42. The molecule has 0 saturated heterocycles. The van der Waals surface area contributed by atoms with Gasteiger partial charge in [0.1, 0.15) is 17.4 Å².